The van der Waals surface area contributed by atoms with Crippen molar-refractivity contribution >= 4 is 17.7 Å². The van der Waals surface area contributed by atoms with E-state index in [0.29, 0.717) is 0 Å². The van der Waals surface area contributed by atoms with E-state index in [-0.39, 0.29) is 0 Å². The van der Waals surface area contributed by atoms with Crippen LogP contribution in [0.5, 0.6) is 0 Å². The molecule has 0 spiro atoms. The van der Waals surface area contributed by atoms with Crippen molar-refractivity contribution in [3.8, 4) is 5.69 Å². The second kappa shape index (κ2) is 4.40. The summed E-state index contributed by atoms with van der Waals surface area (Å²) >= 11 is 1.74. The summed E-state index contributed by atoms with van der Waals surface area (Å²) in [6.07, 6.45) is 5.81. The predicted molar refractivity (Wildman–Crippen MR) is 64.9 cm³/mol. The van der Waals surface area contributed by atoms with Crippen LogP contribution in [0, 0.1) is 0 Å². The van der Waals surface area contributed by atoms with E-state index in [2.05, 4.69) is 40.8 Å². The molecular formula is C11H13N3S. The molecule has 1 aromatic heterocycles. The van der Waals surface area contributed by atoms with Crippen molar-refractivity contribution in [2.45, 2.75) is 4.90 Å². The van der Waals surface area contributed by atoms with Gasteiger partial charge >= 0.3 is 0 Å². The molecular weight excluding hydrogens is 206 g/mol. The predicted octanol–water partition coefficient (Wildman–Crippen LogP) is 2.64. The molecule has 2 aromatic rings. The Balaban J connectivity index is 2.37. The van der Waals surface area contributed by atoms with Crippen LogP contribution < -0.4 is 5.32 Å². The molecule has 0 unspecified atom stereocenters. The molecule has 2 rings (SSSR count). The Labute approximate surface area is 93.5 Å². The van der Waals surface area contributed by atoms with Crippen molar-refractivity contribution in [2.75, 3.05) is 18.6 Å². The number of hydrogen-bond donors (Lipinski definition) is 1. The molecule has 0 saturated carbocycles. The molecule has 1 aromatic carbocycles. The molecule has 0 amide bonds. The van der Waals surface area contributed by atoms with Crippen LogP contribution in [0.4, 0.5) is 5.95 Å². The quantitative estimate of drug-likeness (QED) is 0.805. The first-order valence-corrected chi connectivity index (χ1v) is 5.93. The van der Waals surface area contributed by atoms with E-state index in [1.165, 1.54) is 4.90 Å². The molecule has 0 fully saturated rings. The Morgan fingerprint density at radius 2 is 2.00 bits per heavy atom. The summed E-state index contributed by atoms with van der Waals surface area (Å²) in [4.78, 5) is 5.47. The highest BCUT2D eigenvalue weighted by molar-refractivity contribution is 7.98. The molecule has 3 nitrogen and oxygen atoms in total. The van der Waals surface area contributed by atoms with E-state index in [1.54, 1.807) is 18.0 Å². The van der Waals surface area contributed by atoms with Gasteiger partial charge < -0.3 is 5.32 Å². The molecule has 1 heterocycles. The molecule has 0 atom stereocenters. The van der Waals surface area contributed by atoms with Gasteiger partial charge in [-0.1, -0.05) is 0 Å². The summed E-state index contributed by atoms with van der Waals surface area (Å²) in [5.74, 6) is 0.854. The van der Waals surface area contributed by atoms with E-state index in [0.717, 1.165) is 11.6 Å². The zero-order valence-corrected chi connectivity index (χ0v) is 9.58. The molecule has 0 bridgehead atoms. The van der Waals surface area contributed by atoms with Gasteiger partial charge in [0, 0.05) is 30.0 Å². The number of nitrogens with zero attached hydrogens (tertiary/aromatic N) is 2. The highest BCUT2D eigenvalue weighted by atomic mass is 32.2. The zero-order chi connectivity index (χ0) is 10.7. The minimum absolute atomic E-state index is 0.854. The Kier molecular flexibility index (Phi) is 2.97. The lowest BCUT2D eigenvalue weighted by molar-refractivity contribution is 1.05. The van der Waals surface area contributed by atoms with Crippen LogP contribution in [0.15, 0.2) is 41.6 Å². The molecule has 15 heavy (non-hydrogen) atoms. The van der Waals surface area contributed by atoms with Crippen molar-refractivity contribution < 1.29 is 0 Å². The number of hydrogen-bond acceptors (Lipinski definition) is 3. The first-order valence-electron chi connectivity index (χ1n) is 4.70. The first kappa shape index (κ1) is 10.1. The van der Waals surface area contributed by atoms with E-state index in [9.17, 15) is 0 Å². The van der Waals surface area contributed by atoms with Crippen LogP contribution in [0.3, 0.4) is 0 Å². The van der Waals surface area contributed by atoms with Crippen LogP contribution in [0.1, 0.15) is 0 Å². The SMILES string of the molecule is CNc1nccn1-c1ccc(SC)cc1. The third-order valence-corrected chi connectivity index (χ3v) is 2.96. The second-order valence-electron chi connectivity index (χ2n) is 3.07. The molecule has 78 valence electrons. The largest absolute Gasteiger partial charge is 0.358 e. The van der Waals surface area contributed by atoms with Crippen LogP contribution in [-0.2, 0) is 0 Å². The summed E-state index contributed by atoms with van der Waals surface area (Å²) in [5, 5.41) is 3.05. The summed E-state index contributed by atoms with van der Waals surface area (Å²) in [6.45, 7) is 0. The summed E-state index contributed by atoms with van der Waals surface area (Å²) < 4.78 is 2.02. The fraction of sp³-hybridized carbons (Fsp3) is 0.182. The third kappa shape index (κ3) is 1.99. The van der Waals surface area contributed by atoms with Gasteiger partial charge in [0.1, 0.15) is 0 Å². The van der Waals surface area contributed by atoms with Gasteiger partial charge in [0.25, 0.3) is 0 Å². The maximum absolute atomic E-state index is 4.20. The van der Waals surface area contributed by atoms with Gasteiger partial charge in [-0.05, 0) is 30.5 Å². The van der Waals surface area contributed by atoms with Gasteiger partial charge in [0.15, 0.2) is 0 Å². The number of nitrogens with one attached hydrogen (secondary N) is 1. The second-order valence-corrected chi connectivity index (χ2v) is 3.95. The Morgan fingerprint density at radius 1 is 1.27 bits per heavy atom. The third-order valence-electron chi connectivity index (χ3n) is 2.21. The lowest BCUT2D eigenvalue weighted by atomic mass is 10.3. The Bertz CT molecular complexity index is 433. The molecule has 0 aliphatic carbocycles. The highest BCUT2D eigenvalue weighted by Gasteiger charge is 2.01. The fourth-order valence-electron chi connectivity index (χ4n) is 1.44. The van der Waals surface area contributed by atoms with Gasteiger partial charge in [-0.25, -0.2) is 4.98 Å². The normalized spacial score (nSPS) is 10.3. The standard InChI is InChI=1S/C11H13N3S/c1-12-11-13-7-8-14(11)9-3-5-10(15-2)6-4-9/h3-8H,1-2H3,(H,12,13). The monoisotopic (exact) mass is 219 g/mol. The minimum Gasteiger partial charge on any atom is -0.358 e. The maximum atomic E-state index is 4.20. The van der Waals surface area contributed by atoms with Crippen LogP contribution >= 0.6 is 11.8 Å². The van der Waals surface area contributed by atoms with Crippen molar-refractivity contribution in [1.82, 2.24) is 9.55 Å². The van der Waals surface area contributed by atoms with Gasteiger partial charge in [-0.3, -0.25) is 4.57 Å². The molecule has 0 saturated heterocycles. The average molecular weight is 219 g/mol. The van der Waals surface area contributed by atoms with E-state index < -0.39 is 0 Å². The molecule has 0 radical (unpaired) electrons. The number of rotatable bonds is 3. The molecule has 4 heteroatoms. The smallest absolute Gasteiger partial charge is 0.207 e. The molecule has 1 N–H and O–H groups in total. The average Bonchev–Trinajstić information content (AvgIpc) is 2.77. The fourth-order valence-corrected chi connectivity index (χ4v) is 1.85. The number of benzene rings is 1. The van der Waals surface area contributed by atoms with Crippen molar-refractivity contribution in [3.05, 3.63) is 36.7 Å². The Hall–Kier alpha value is -1.42. The first-order chi connectivity index (χ1) is 7.35. The number of imidazole rings is 1. The van der Waals surface area contributed by atoms with Crippen molar-refractivity contribution in [3.63, 3.8) is 0 Å². The van der Waals surface area contributed by atoms with Crippen LogP contribution in [-0.4, -0.2) is 22.9 Å². The van der Waals surface area contributed by atoms with Crippen molar-refractivity contribution in [1.29, 1.82) is 0 Å². The molecule has 0 aliphatic heterocycles. The summed E-state index contributed by atoms with van der Waals surface area (Å²) in [7, 11) is 1.87. The van der Waals surface area contributed by atoms with Gasteiger partial charge in [-0.15, -0.1) is 11.8 Å². The highest BCUT2D eigenvalue weighted by Crippen LogP contribution is 2.19. The van der Waals surface area contributed by atoms with Crippen molar-refractivity contribution in [2.24, 2.45) is 0 Å². The van der Waals surface area contributed by atoms with Gasteiger partial charge in [0.05, 0.1) is 0 Å². The summed E-state index contributed by atoms with van der Waals surface area (Å²) in [5.41, 5.74) is 1.12. The van der Waals surface area contributed by atoms with Crippen LogP contribution in [0.25, 0.3) is 5.69 Å². The maximum Gasteiger partial charge on any atom is 0.207 e. The number of thioether (sulfide) groups is 1. The number of aromatic nitrogens is 2. The topological polar surface area (TPSA) is 29.9 Å². The number of anilines is 1. The summed E-state index contributed by atoms with van der Waals surface area (Å²) in [6, 6.07) is 8.40. The Morgan fingerprint density at radius 3 is 2.60 bits per heavy atom. The van der Waals surface area contributed by atoms with Crippen LogP contribution in [0.2, 0.25) is 0 Å². The zero-order valence-electron chi connectivity index (χ0n) is 8.77. The lowest BCUT2D eigenvalue weighted by Crippen LogP contribution is -2.00. The van der Waals surface area contributed by atoms with E-state index in [1.807, 2.05) is 17.8 Å². The van der Waals surface area contributed by atoms with Gasteiger partial charge in [0.2, 0.25) is 5.95 Å². The van der Waals surface area contributed by atoms with E-state index >= 15 is 0 Å². The lowest BCUT2D eigenvalue weighted by Gasteiger charge is -2.07. The van der Waals surface area contributed by atoms with E-state index in [4.69, 9.17) is 0 Å². The molecule has 0 aliphatic rings. The van der Waals surface area contributed by atoms with Gasteiger partial charge in [-0.2, -0.15) is 0 Å². The minimum atomic E-state index is 0.854.